The van der Waals surface area contributed by atoms with Crippen molar-refractivity contribution in [2.75, 3.05) is 24.7 Å². The average Bonchev–Trinajstić information content (AvgIpc) is 2.74. The Kier molecular flexibility index (Phi) is 6.60. The molecule has 0 aromatic carbocycles. The first-order valence-electron chi connectivity index (χ1n) is 7.05. The van der Waals surface area contributed by atoms with E-state index in [9.17, 15) is 8.42 Å². The van der Waals surface area contributed by atoms with Crippen LogP contribution in [0.25, 0.3) is 0 Å². The number of sulfone groups is 1. The van der Waals surface area contributed by atoms with Crippen molar-refractivity contribution in [1.29, 1.82) is 0 Å². The molecule has 0 aromatic heterocycles. The predicted octanol–water partition coefficient (Wildman–Crippen LogP) is 1.60. The number of ether oxygens (including phenoxy) is 1. The van der Waals surface area contributed by atoms with Gasteiger partial charge in [0, 0.05) is 24.3 Å². The fourth-order valence-corrected chi connectivity index (χ4v) is 3.57. The van der Waals surface area contributed by atoms with Crippen molar-refractivity contribution in [3.8, 4) is 0 Å². The van der Waals surface area contributed by atoms with Crippen molar-refractivity contribution in [3.05, 3.63) is 0 Å². The molecule has 5 heteroatoms. The monoisotopic (exact) mass is 277 g/mol. The highest BCUT2D eigenvalue weighted by atomic mass is 32.2. The summed E-state index contributed by atoms with van der Waals surface area (Å²) in [6, 6.07) is 0.388. The van der Waals surface area contributed by atoms with Crippen molar-refractivity contribution in [1.82, 2.24) is 5.32 Å². The molecular formula is C13H27NO3S. The first-order valence-corrected chi connectivity index (χ1v) is 8.87. The second kappa shape index (κ2) is 7.46. The second-order valence-electron chi connectivity index (χ2n) is 5.07. The van der Waals surface area contributed by atoms with E-state index in [1.54, 1.807) is 6.92 Å². The van der Waals surface area contributed by atoms with E-state index in [4.69, 9.17) is 4.74 Å². The van der Waals surface area contributed by atoms with Gasteiger partial charge >= 0.3 is 0 Å². The summed E-state index contributed by atoms with van der Waals surface area (Å²) in [5, 5.41) is 3.48. The van der Waals surface area contributed by atoms with Crippen LogP contribution in [0.2, 0.25) is 0 Å². The van der Waals surface area contributed by atoms with E-state index >= 15 is 0 Å². The van der Waals surface area contributed by atoms with Gasteiger partial charge in [0.2, 0.25) is 0 Å². The number of nitrogens with one attached hydrogen (secondary N) is 1. The first-order chi connectivity index (χ1) is 8.50. The summed E-state index contributed by atoms with van der Waals surface area (Å²) in [5.41, 5.74) is 0. The fraction of sp³-hybridized carbons (Fsp3) is 1.00. The standard InChI is InChI=1S/C13H27NO3S/c1-4-14-13(12-8-9-17-11(12)3)7-6-10-18(15,16)5-2/h11-14H,4-10H2,1-3H3. The number of hydrogen-bond donors (Lipinski definition) is 1. The Bertz CT molecular complexity index is 329. The summed E-state index contributed by atoms with van der Waals surface area (Å²) in [7, 11) is -2.83. The third-order valence-electron chi connectivity index (χ3n) is 3.83. The van der Waals surface area contributed by atoms with Gasteiger partial charge in [-0.3, -0.25) is 0 Å². The van der Waals surface area contributed by atoms with E-state index in [-0.39, 0.29) is 11.9 Å². The summed E-state index contributed by atoms with van der Waals surface area (Å²) < 4.78 is 28.6. The maximum atomic E-state index is 11.5. The Balaban J connectivity index is 2.43. The minimum atomic E-state index is -2.83. The Hall–Kier alpha value is -0.130. The van der Waals surface area contributed by atoms with Crippen molar-refractivity contribution >= 4 is 9.84 Å². The third-order valence-corrected chi connectivity index (χ3v) is 5.62. The van der Waals surface area contributed by atoms with Gasteiger partial charge < -0.3 is 10.1 Å². The van der Waals surface area contributed by atoms with Crippen LogP contribution in [0, 0.1) is 5.92 Å². The van der Waals surface area contributed by atoms with Gasteiger partial charge in [-0.15, -0.1) is 0 Å². The fourth-order valence-electron chi connectivity index (χ4n) is 2.67. The molecule has 0 amide bonds. The van der Waals surface area contributed by atoms with Crippen LogP contribution in [0.3, 0.4) is 0 Å². The quantitative estimate of drug-likeness (QED) is 0.732. The molecule has 0 aromatic rings. The highest BCUT2D eigenvalue weighted by molar-refractivity contribution is 7.91. The molecule has 1 fully saturated rings. The Morgan fingerprint density at radius 1 is 1.39 bits per heavy atom. The van der Waals surface area contributed by atoms with Gasteiger partial charge in [-0.2, -0.15) is 0 Å². The highest BCUT2D eigenvalue weighted by Gasteiger charge is 2.31. The van der Waals surface area contributed by atoms with Gasteiger partial charge in [0.25, 0.3) is 0 Å². The van der Waals surface area contributed by atoms with Gasteiger partial charge in [0.05, 0.1) is 11.9 Å². The third kappa shape index (κ3) is 4.86. The lowest BCUT2D eigenvalue weighted by Crippen LogP contribution is -2.39. The first kappa shape index (κ1) is 15.9. The summed E-state index contributed by atoms with van der Waals surface area (Å²) in [4.78, 5) is 0. The molecule has 0 saturated carbocycles. The number of rotatable bonds is 8. The smallest absolute Gasteiger partial charge is 0.150 e. The Morgan fingerprint density at radius 3 is 2.61 bits per heavy atom. The molecule has 1 rings (SSSR count). The van der Waals surface area contributed by atoms with Crippen molar-refractivity contribution in [2.24, 2.45) is 5.92 Å². The van der Waals surface area contributed by atoms with Crippen LogP contribution < -0.4 is 5.32 Å². The zero-order chi connectivity index (χ0) is 13.6. The molecule has 3 atom stereocenters. The van der Waals surface area contributed by atoms with Gasteiger partial charge in [0.1, 0.15) is 9.84 Å². The van der Waals surface area contributed by atoms with Crippen molar-refractivity contribution < 1.29 is 13.2 Å². The molecule has 1 aliphatic rings. The molecule has 0 radical (unpaired) electrons. The molecule has 18 heavy (non-hydrogen) atoms. The summed E-state index contributed by atoms with van der Waals surface area (Å²) in [6.45, 7) is 7.68. The molecule has 1 heterocycles. The summed E-state index contributed by atoms with van der Waals surface area (Å²) in [6.07, 6.45) is 3.04. The van der Waals surface area contributed by atoms with Gasteiger partial charge in [-0.05, 0) is 32.7 Å². The minimum absolute atomic E-state index is 0.252. The average molecular weight is 277 g/mol. The van der Waals surface area contributed by atoms with Crippen LogP contribution in [-0.4, -0.2) is 45.2 Å². The van der Waals surface area contributed by atoms with Gasteiger partial charge in [0.15, 0.2) is 0 Å². The zero-order valence-electron chi connectivity index (χ0n) is 11.8. The molecule has 0 bridgehead atoms. The molecule has 3 unspecified atom stereocenters. The lowest BCUT2D eigenvalue weighted by atomic mass is 9.90. The van der Waals surface area contributed by atoms with E-state index in [0.717, 1.165) is 32.4 Å². The van der Waals surface area contributed by atoms with E-state index < -0.39 is 9.84 Å². The molecule has 1 N–H and O–H groups in total. The predicted molar refractivity (Wildman–Crippen MR) is 74.5 cm³/mol. The summed E-state index contributed by atoms with van der Waals surface area (Å²) >= 11 is 0. The van der Waals surface area contributed by atoms with Crippen molar-refractivity contribution in [2.45, 2.75) is 52.2 Å². The molecule has 4 nitrogen and oxygen atoms in total. The normalized spacial score (nSPS) is 26.4. The largest absolute Gasteiger partial charge is 0.378 e. The van der Waals surface area contributed by atoms with E-state index in [1.165, 1.54) is 0 Å². The van der Waals surface area contributed by atoms with E-state index in [2.05, 4.69) is 19.2 Å². The molecule has 0 aliphatic carbocycles. The van der Waals surface area contributed by atoms with Crippen LogP contribution in [-0.2, 0) is 14.6 Å². The topological polar surface area (TPSA) is 55.4 Å². The molecule has 1 aliphatic heterocycles. The maximum Gasteiger partial charge on any atom is 0.150 e. The molecule has 0 spiro atoms. The van der Waals surface area contributed by atoms with Crippen molar-refractivity contribution in [3.63, 3.8) is 0 Å². The Labute approximate surface area is 111 Å². The van der Waals surface area contributed by atoms with Gasteiger partial charge in [-0.25, -0.2) is 8.42 Å². The van der Waals surface area contributed by atoms with Crippen LogP contribution in [0.5, 0.6) is 0 Å². The molecule has 108 valence electrons. The SMILES string of the molecule is CCNC(CCCS(=O)(=O)CC)C1CCOC1C. The summed E-state index contributed by atoms with van der Waals surface area (Å²) in [5.74, 6) is 1.09. The lowest BCUT2D eigenvalue weighted by Gasteiger charge is -2.26. The number of hydrogen-bond acceptors (Lipinski definition) is 4. The Morgan fingerprint density at radius 2 is 2.11 bits per heavy atom. The van der Waals surface area contributed by atoms with E-state index in [0.29, 0.717) is 17.7 Å². The molecular weight excluding hydrogens is 250 g/mol. The zero-order valence-corrected chi connectivity index (χ0v) is 12.6. The van der Waals surface area contributed by atoms with Crippen LogP contribution in [0.4, 0.5) is 0 Å². The highest BCUT2D eigenvalue weighted by Crippen LogP contribution is 2.26. The minimum Gasteiger partial charge on any atom is -0.378 e. The maximum absolute atomic E-state index is 11.5. The second-order valence-corrected chi connectivity index (χ2v) is 7.54. The van der Waals surface area contributed by atoms with Crippen LogP contribution in [0.1, 0.15) is 40.0 Å². The molecule has 1 saturated heterocycles. The van der Waals surface area contributed by atoms with E-state index in [1.807, 2.05) is 0 Å². The van der Waals surface area contributed by atoms with Crippen LogP contribution >= 0.6 is 0 Å². The van der Waals surface area contributed by atoms with Crippen LogP contribution in [0.15, 0.2) is 0 Å². The van der Waals surface area contributed by atoms with Gasteiger partial charge in [-0.1, -0.05) is 13.8 Å². The lowest BCUT2D eigenvalue weighted by molar-refractivity contribution is 0.0944.